The fourth-order valence-corrected chi connectivity index (χ4v) is 4.67. The van der Waals surface area contributed by atoms with Crippen LogP contribution >= 0.6 is 0 Å². The number of amides is 1. The molecule has 1 aromatic carbocycles. The smallest absolute Gasteiger partial charge is 0.243 e. The fourth-order valence-electron chi connectivity index (χ4n) is 4.67. The zero-order valence-electron chi connectivity index (χ0n) is 19.5. The van der Waals surface area contributed by atoms with E-state index >= 15 is 0 Å². The Morgan fingerprint density at radius 2 is 1.94 bits per heavy atom. The van der Waals surface area contributed by atoms with Gasteiger partial charge in [0.1, 0.15) is 5.75 Å². The topological polar surface area (TPSA) is 109 Å². The van der Waals surface area contributed by atoms with Crippen LogP contribution in [0.4, 0.5) is 0 Å². The summed E-state index contributed by atoms with van der Waals surface area (Å²) in [6.45, 7) is 6.41. The molecule has 2 saturated heterocycles. The molecule has 0 bridgehead atoms. The number of carbonyl (C=O) groups excluding carboxylic acids is 1. The standard InChI is InChI=1S/C22H25N3O3.C4H7NO/c26-19-6-2-1-5-16(19)18-12-17-20(15-4-3-9-28-13-15)21(23-22(17)25-24-18)14-7-10-27-11-8-14;1-3-4(6)5-2/h1-2,5-6,12,14-15,26H,3-4,7-11,13H2,(H,23,25);3H,1H2,2H3,(H,5,6). The summed E-state index contributed by atoms with van der Waals surface area (Å²) in [5, 5.41) is 22.6. The van der Waals surface area contributed by atoms with Crippen molar-refractivity contribution in [2.75, 3.05) is 33.5 Å². The van der Waals surface area contributed by atoms with E-state index in [2.05, 4.69) is 33.1 Å². The molecule has 3 aromatic rings. The van der Waals surface area contributed by atoms with Gasteiger partial charge in [-0.15, -0.1) is 10.2 Å². The van der Waals surface area contributed by atoms with E-state index < -0.39 is 0 Å². The highest BCUT2D eigenvalue weighted by Crippen LogP contribution is 2.40. The van der Waals surface area contributed by atoms with Crippen LogP contribution in [0.1, 0.15) is 48.8 Å². The van der Waals surface area contributed by atoms with Crippen molar-refractivity contribution in [3.8, 4) is 17.0 Å². The minimum Gasteiger partial charge on any atom is -0.507 e. The number of nitrogens with zero attached hydrogens (tertiary/aromatic N) is 2. The van der Waals surface area contributed by atoms with Crippen LogP contribution in [0.5, 0.6) is 5.75 Å². The molecule has 2 aliphatic heterocycles. The normalized spacial score (nSPS) is 18.7. The number of aromatic amines is 1. The summed E-state index contributed by atoms with van der Waals surface area (Å²) in [5.74, 6) is 0.893. The SMILES string of the molecule is C=CC(=O)NC.Oc1ccccc1-c1cc2c(C3CCCOC3)c(C3CCOCC3)[nH]c2nn1. The molecule has 8 nitrogen and oxygen atoms in total. The average Bonchev–Trinajstić information content (AvgIpc) is 3.28. The summed E-state index contributed by atoms with van der Waals surface area (Å²) in [6, 6.07) is 9.35. The first-order valence-electron chi connectivity index (χ1n) is 11.8. The maximum atomic E-state index is 10.3. The van der Waals surface area contributed by atoms with Gasteiger partial charge in [0.05, 0.1) is 12.3 Å². The Kier molecular flexibility index (Phi) is 7.92. The molecule has 1 unspecified atom stereocenters. The summed E-state index contributed by atoms with van der Waals surface area (Å²) in [5.41, 5.74) is 4.82. The molecule has 5 rings (SSSR count). The van der Waals surface area contributed by atoms with Crippen LogP contribution in [0.15, 0.2) is 43.0 Å². The van der Waals surface area contributed by atoms with Crippen LogP contribution in [0.3, 0.4) is 0 Å². The predicted molar refractivity (Wildman–Crippen MR) is 131 cm³/mol. The fraction of sp³-hybridized carbons (Fsp3) is 0.423. The monoisotopic (exact) mass is 464 g/mol. The highest BCUT2D eigenvalue weighted by atomic mass is 16.5. The van der Waals surface area contributed by atoms with Crippen molar-refractivity contribution in [3.63, 3.8) is 0 Å². The van der Waals surface area contributed by atoms with Crippen LogP contribution in [0.2, 0.25) is 0 Å². The lowest BCUT2D eigenvalue weighted by Gasteiger charge is -2.27. The highest BCUT2D eigenvalue weighted by molar-refractivity contribution is 5.86. The zero-order valence-corrected chi connectivity index (χ0v) is 19.5. The van der Waals surface area contributed by atoms with Crippen LogP contribution < -0.4 is 5.32 Å². The van der Waals surface area contributed by atoms with Crippen LogP contribution in [0.25, 0.3) is 22.3 Å². The lowest BCUT2D eigenvalue weighted by atomic mass is 9.85. The second-order valence-electron chi connectivity index (χ2n) is 8.58. The lowest BCUT2D eigenvalue weighted by molar-refractivity contribution is -0.116. The number of H-pyrrole nitrogens is 1. The molecule has 0 radical (unpaired) electrons. The Morgan fingerprint density at radius 1 is 1.15 bits per heavy atom. The first-order chi connectivity index (χ1) is 16.6. The maximum absolute atomic E-state index is 10.3. The second kappa shape index (κ2) is 11.3. The molecule has 3 N–H and O–H groups in total. The van der Waals surface area contributed by atoms with Gasteiger partial charge in [0.2, 0.25) is 5.91 Å². The van der Waals surface area contributed by atoms with Gasteiger partial charge < -0.3 is 24.9 Å². The number of para-hydroxylation sites is 1. The number of hydrogen-bond acceptors (Lipinski definition) is 6. The molecule has 8 heteroatoms. The Balaban J connectivity index is 0.000000408. The molecule has 4 heterocycles. The van der Waals surface area contributed by atoms with Gasteiger partial charge in [0.15, 0.2) is 5.65 Å². The van der Waals surface area contributed by atoms with E-state index in [0.29, 0.717) is 23.1 Å². The maximum Gasteiger partial charge on any atom is 0.243 e. The molecule has 34 heavy (non-hydrogen) atoms. The van der Waals surface area contributed by atoms with Crippen LogP contribution in [-0.2, 0) is 14.3 Å². The van der Waals surface area contributed by atoms with E-state index in [1.807, 2.05) is 18.2 Å². The molecule has 2 aliphatic rings. The number of aromatic hydroxyl groups is 1. The predicted octanol–water partition coefficient (Wildman–Crippen LogP) is 4.04. The Bertz CT molecular complexity index is 1130. The van der Waals surface area contributed by atoms with Crippen LogP contribution in [0, 0.1) is 0 Å². The van der Waals surface area contributed by atoms with Gasteiger partial charge in [-0.25, -0.2) is 0 Å². The third-order valence-corrected chi connectivity index (χ3v) is 6.44. The van der Waals surface area contributed by atoms with E-state index in [4.69, 9.17) is 9.47 Å². The van der Waals surface area contributed by atoms with Gasteiger partial charge in [-0.2, -0.15) is 0 Å². The summed E-state index contributed by atoms with van der Waals surface area (Å²) in [6.07, 6.45) is 5.47. The minimum atomic E-state index is -0.144. The minimum absolute atomic E-state index is 0.144. The van der Waals surface area contributed by atoms with Crippen LogP contribution in [-0.4, -0.2) is 59.7 Å². The number of carbonyl (C=O) groups is 1. The first kappa shape index (κ1) is 23.9. The number of aromatic nitrogens is 3. The van der Waals surface area contributed by atoms with E-state index in [-0.39, 0.29) is 11.7 Å². The number of likely N-dealkylation sites (N-methyl/N-ethyl adjacent to an activating group) is 1. The molecule has 0 saturated carbocycles. The summed E-state index contributed by atoms with van der Waals surface area (Å²) < 4.78 is 11.4. The summed E-state index contributed by atoms with van der Waals surface area (Å²) >= 11 is 0. The zero-order chi connectivity index (χ0) is 23.9. The second-order valence-corrected chi connectivity index (χ2v) is 8.58. The molecule has 1 amide bonds. The number of hydrogen-bond donors (Lipinski definition) is 3. The largest absolute Gasteiger partial charge is 0.507 e. The van der Waals surface area contributed by atoms with Crippen molar-refractivity contribution >= 4 is 16.9 Å². The van der Waals surface area contributed by atoms with Crippen molar-refractivity contribution in [1.82, 2.24) is 20.5 Å². The van der Waals surface area contributed by atoms with Gasteiger partial charge in [-0.1, -0.05) is 18.7 Å². The molecular formula is C26H32N4O4. The summed E-state index contributed by atoms with van der Waals surface area (Å²) in [4.78, 5) is 13.5. The van der Waals surface area contributed by atoms with Crippen molar-refractivity contribution in [1.29, 1.82) is 0 Å². The van der Waals surface area contributed by atoms with E-state index in [1.165, 1.54) is 17.3 Å². The Labute approximate surface area is 199 Å². The number of nitrogens with one attached hydrogen (secondary N) is 2. The Morgan fingerprint density at radius 3 is 2.59 bits per heavy atom. The van der Waals surface area contributed by atoms with Gasteiger partial charge >= 0.3 is 0 Å². The number of ether oxygens (including phenoxy) is 2. The third kappa shape index (κ3) is 5.29. The van der Waals surface area contributed by atoms with Gasteiger partial charge in [0.25, 0.3) is 0 Å². The van der Waals surface area contributed by atoms with E-state index in [1.54, 1.807) is 13.1 Å². The van der Waals surface area contributed by atoms with Crippen molar-refractivity contribution in [2.45, 2.75) is 37.5 Å². The molecule has 1 atom stereocenters. The van der Waals surface area contributed by atoms with Gasteiger partial charge in [-0.05, 0) is 55.5 Å². The molecule has 0 spiro atoms. The van der Waals surface area contributed by atoms with Crippen molar-refractivity contribution in [2.24, 2.45) is 0 Å². The number of phenolic OH excluding ortho intramolecular Hbond substituents is 1. The number of rotatable bonds is 4. The summed E-state index contributed by atoms with van der Waals surface area (Å²) in [7, 11) is 1.56. The Hall–Kier alpha value is -3.23. The number of phenols is 1. The van der Waals surface area contributed by atoms with E-state index in [0.717, 1.165) is 63.1 Å². The molecule has 2 aromatic heterocycles. The molecule has 180 valence electrons. The first-order valence-corrected chi connectivity index (χ1v) is 11.8. The molecule has 0 aliphatic carbocycles. The number of fused-ring (bicyclic) bond motifs is 1. The quantitative estimate of drug-likeness (QED) is 0.503. The van der Waals surface area contributed by atoms with Crippen molar-refractivity contribution < 1.29 is 19.4 Å². The molecule has 2 fully saturated rings. The number of benzene rings is 1. The van der Waals surface area contributed by atoms with Gasteiger partial charge in [-0.3, -0.25) is 4.79 Å². The molecular weight excluding hydrogens is 432 g/mol. The van der Waals surface area contributed by atoms with Gasteiger partial charge in [0, 0.05) is 55.3 Å². The van der Waals surface area contributed by atoms with Crippen molar-refractivity contribution in [3.05, 3.63) is 54.2 Å². The highest BCUT2D eigenvalue weighted by Gasteiger charge is 2.29. The third-order valence-electron chi connectivity index (χ3n) is 6.44. The van der Waals surface area contributed by atoms with E-state index in [9.17, 15) is 9.90 Å². The lowest BCUT2D eigenvalue weighted by Crippen LogP contribution is -2.20. The average molecular weight is 465 g/mol.